The summed E-state index contributed by atoms with van der Waals surface area (Å²) >= 11 is 11.6. The van der Waals surface area contributed by atoms with E-state index in [1.807, 2.05) is 0 Å². The summed E-state index contributed by atoms with van der Waals surface area (Å²) in [7, 11) is 0. The fraction of sp³-hybridized carbons (Fsp3) is 0.222. The lowest BCUT2D eigenvalue weighted by Crippen LogP contribution is -2.29. The number of halogens is 2. The molecule has 0 unspecified atom stereocenters. The van der Waals surface area contributed by atoms with Crippen LogP contribution in [0.3, 0.4) is 0 Å². The molecule has 0 fully saturated rings. The van der Waals surface area contributed by atoms with Crippen LogP contribution in [0.5, 0.6) is 0 Å². The fourth-order valence-corrected chi connectivity index (χ4v) is 1.49. The Hall–Kier alpha value is -0.970. The molecule has 15 heavy (non-hydrogen) atoms. The van der Waals surface area contributed by atoms with Crippen molar-refractivity contribution in [3.8, 4) is 0 Å². The molecule has 0 bridgehead atoms. The molecule has 0 spiro atoms. The van der Waals surface area contributed by atoms with E-state index in [4.69, 9.17) is 34.7 Å². The smallest absolute Gasteiger partial charge is 0.251 e. The SMILES string of the molecule is NCCNC(=O)c1cc(Cl)c(N)c(Cl)c1. The number of rotatable bonds is 3. The van der Waals surface area contributed by atoms with E-state index in [-0.39, 0.29) is 21.6 Å². The maximum atomic E-state index is 11.5. The molecule has 0 aromatic heterocycles. The zero-order chi connectivity index (χ0) is 11.4. The van der Waals surface area contributed by atoms with Crippen LogP contribution in [0, 0.1) is 0 Å². The van der Waals surface area contributed by atoms with Crippen LogP contribution >= 0.6 is 23.2 Å². The number of hydrogen-bond donors (Lipinski definition) is 3. The third-order valence-corrected chi connectivity index (χ3v) is 2.40. The molecule has 0 aliphatic rings. The lowest BCUT2D eigenvalue weighted by Gasteiger charge is -2.06. The minimum atomic E-state index is -0.274. The minimum absolute atomic E-state index is 0.264. The summed E-state index contributed by atoms with van der Waals surface area (Å²) in [4.78, 5) is 11.5. The zero-order valence-electron chi connectivity index (χ0n) is 7.89. The Morgan fingerprint density at radius 2 is 1.87 bits per heavy atom. The number of nitrogen functional groups attached to an aromatic ring is 1. The van der Waals surface area contributed by atoms with Gasteiger partial charge in [-0.2, -0.15) is 0 Å². The van der Waals surface area contributed by atoms with Crippen LogP contribution in [0.1, 0.15) is 10.4 Å². The van der Waals surface area contributed by atoms with Crippen molar-refractivity contribution < 1.29 is 4.79 Å². The van der Waals surface area contributed by atoms with E-state index < -0.39 is 0 Å². The molecule has 0 aliphatic heterocycles. The molecule has 1 rings (SSSR count). The van der Waals surface area contributed by atoms with Crippen LogP contribution in [0.25, 0.3) is 0 Å². The van der Waals surface area contributed by atoms with Gasteiger partial charge in [-0.05, 0) is 12.1 Å². The summed E-state index contributed by atoms with van der Waals surface area (Å²) in [6.45, 7) is 0.778. The molecular formula is C9H11Cl2N3O. The maximum Gasteiger partial charge on any atom is 0.251 e. The first-order valence-electron chi connectivity index (χ1n) is 4.29. The highest BCUT2D eigenvalue weighted by molar-refractivity contribution is 6.39. The molecule has 0 radical (unpaired) electrons. The molecular weight excluding hydrogens is 237 g/mol. The van der Waals surface area contributed by atoms with Crippen LogP contribution in [-0.4, -0.2) is 19.0 Å². The van der Waals surface area contributed by atoms with Gasteiger partial charge in [-0.1, -0.05) is 23.2 Å². The number of carbonyl (C=O) groups is 1. The average Bonchev–Trinajstić information content (AvgIpc) is 2.21. The molecule has 0 heterocycles. The molecule has 5 N–H and O–H groups in total. The van der Waals surface area contributed by atoms with Gasteiger partial charge in [0.25, 0.3) is 5.91 Å². The highest BCUT2D eigenvalue weighted by Crippen LogP contribution is 2.28. The first-order chi connectivity index (χ1) is 7.06. The van der Waals surface area contributed by atoms with Crippen molar-refractivity contribution in [1.82, 2.24) is 5.32 Å². The van der Waals surface area contributed by atoms with Crippen LogP contribution in [0.15, 0.2) is 12.1 Å². The summed E-state index contributed by atoms with van der Waals surface area (Å²) in [6.07, 6.45) is 0. The Labute approximate surface area is 97.5 Å². The molecule has 1 amide bonds. The maximum absolute atomic E-state index is 11.5. The third-order valence-electron chi connectivity index (χ3n) is 1.77. The summed E-state index contributed by atoms with van der Waals surface area (Å²) in [5.41, 5.74) is 11.4. The van der Waals surface area contributed by atoms with Crippen molar-refractivity contribution in [2.24, 2.45) is 5.73 Å². The van der Waals surface area contributed by atoms with Crippen molar-refractivity contribution in [2.75, 3.05) is 18.8 Å². The van der Waals surface area contributed by atoms with Crippen molar-refractivity contribution in [1.29, 1.82) is 0 Å². The van der Waals surface area contributed by atoms with E-state index in [9.17, 15) is 4.79 Å². The van der Waals surface area contributed by atoms with E-state index in [0.717, 1.165) is 0 Å². The second-order valence-corrected chi connectivity index (χ2v) is 3.71. The van der Waals surface area contributed by atoms with Gasteiger partial charge in [0.2, 0.25) is 0 Å². The predicted octanol–water partition coefficient (Wildman–Crippen LogP) is 1.26. The van der Waals surface area contributed by atoms with E-state index in [1.165, 1.54) is 12.1 Å². The molecule has 0 saturated carbocycles. The zero-order valence-corrected chi connectivity index (χ0v) is 9.40. The monoisotopic (exact) mass is 247 g/mol. The summed E-state index contributed by atoms with van der Waals surface area (Å²) in [6, 6.07) is 2.93. The molecule has 4 nitrogen and oxygen atoms in total. The summed E-state index contributed by atoms with van der Waals surface area (Å²) in [5, 5.41) is 3.13. The van der Waals surface area contributed by atoms with Crippen LogP contribution in [0.4, 0.5) is 5.69 Å². The van der Waals surface area contributed by atoms with Gasteiger partial charge in [-0.15, -0.1) is 0 Å². The van der Waals surface area contributed by atoms with E-state index >= 15 is 0 Å². The van der Waals surface area contributed by atoms with Gasteiger partial charge in [-0.25, -0.2) is 0 Å². The standard InChI is InChI=1S/C9H11Cl2N3O/c10-6-3-5(4-7(11)8(6)13)9(15)14-2-1-12/h3-4H,1-2,12-13H2,(H,14,15). The summed E-state index contributed by atoms with van der Waals surface area (Å²) < 4.78 is 0. The minimum Gasteiger partial charge on any atom is -0.396 e. The Bertz CT molecular complexity index is 359. The average molecular weight is 248 g/mol. The summed E-state index contributed by atoms with van der Waals surface area (Å²) in [5.74, 6) is -0.274. The second-order valence-electron chi connectivity index (χ2n) is 2.90. The fourth-order valence-electron chi connectivity index (χ4n) is 1.00. The van der Waals surface area contributed by atoms with E-state index in [2.05, 4.69) is 5.32 Å². The number of carbonyl (C=O) groups excluding carboxylic acids is 1. The second kappa shape index (κ2) is 5.21. The van der Waals surface area contributed by atoms with Crippen LogP contribution in [-0.2, 0) is 0 Å². The molecule has 0 aliphatic carbocycles. The number of hydrogen-bond acceptors (Lipinski definition) is 3. The Morgan fingerprint density at radius 3 is 2.33 bits per heavy atom. The van der Waals surface area contributed by atoms with Crippen molar-refractivity contribution in [3.63, 3.8) is 0 Å². The van der Waals surface area contributed by atoms with Crippen LogP contribution < -0.4 is 16.8 Å². The van der Waals surface area contributed by atoms with E-state index in [0.29, 0.717) is 18.7 Å². The van der Waals surface area contributed by atoms with Crippen molar-refractivity contribution >= 4 is 34.8 Å². The number of nitrogens with one attached hydrogen (secondary N) is 1. The quantitative estimate of drug-likeness (QED) is 0.704. The Morgan fingerprint density at radius 1 is 1.33 bits per heavy atom. The van der Waals surface area contributed by atoms with Gasteiger partial charge in [-0.3, -0.25) is 4.79 Å². The largest absolute Gasteiger partial charge is 0.396 e. The van der Waals surface area contributed by atoms with Gasteiger partial charge < -0.3 is 16.8 Å². The van der Waals surface area contributed by atoms with Gasteiger partial charge >= 0.3 is 0 Å². The molecule has 1 aromatic rings. The highest BCUT2D eigenvalue weighted by atomic mass is 35.5. The highest BCUT2D eigenvalue weighted by Gasteiger charge is 2.10. The topological polar surface area (TPSA) is 81.1 Å². The predicted molar refractivity (Wildman–Crippen MR) is 62.3 cm³/mol. The Kier molecular flexibility index (Phi) is 4.20. The van der Waals surface area contributed by atoms with Gasteiger partial charge in [0.1, 0.15) is 0 Å². The molecule has 0 saturated heterocycles. The third kappa shape index (κ3) is 2.99. The van der Waals surface area contributed by atoms with E-state index in [1.54, 1.807) is 0 Å². The molecule has 6 heteroatoms. The molecule has 82 valence electrons. The lowest BCUT2D eigenvalue weighted by atomic mass is 10.2. The van der Waals surface area contributed by atoms with Gasteiger partial charge in [0.15, 0.2) is 0 Å². The first-order valence-corrected chi connectivity index (χ1v) is 5.04. The van der Waals surface area contributed by atoms with Gasteiger partial charge in [0, 0.05) is 18.7 Å². The molecule has 0 atom stereocenters. The normalized spacial score (nSPS) is 10.1. The number of anilines is 1. The number of nitrogens with two attached hydrogens (primary N) is 2. The number of amides is 1. The first kappa shape index (κ1) is 12.1. The number of benzene rings is 1. The lowest BCUT2D eigenvalue weighted by molar-refractivity contribution is 0.0955. The van der Waals surface area contributed by atoms with Crippen LogP contribution in [0.2, 0.25) is 10.0 Å². The van der Waals surface area contributed by atoms with Crippen molar-refractivity contribution in [2.45, 2.75) is 0 Å². The van der Waals surface area contributed by atoms with Crippen molar-refractivity contribution in [3.05, 3.63) is 27.7 Å². The Balaban J connectivity index is 2.91. The molecule has 1 aromatic carbocycles. The van der Waals surface area contributed by atoms with Gasteiger partial charge in [0.05, 0.1) is 15.7 Å².